The molecule has 24 heavy (non-hydrogen) atoms. The third-order valence-electron chi connectivity index (χ3n) is 4.67. The smallest absolute Gasteiger partial charge is 0.147 e. The van der Waals surface area contributed by atoms with Crippen molar-refractivity contribution in [3.05, 3.63) is 81.3 Å². The number of fused-ring (bicyclic) bond motifs is 5. The first-order valence-electron chi connectivity index (χ1n) is 7.74. The predicted octanol–water partition coefficient (Wildman–Crippen LogP) is 6.01. The molecule has 5 rings (SSSR count). The van der Waals surface area contributed by atoms with Crippen LogP contribution in [0.2, 0.25) is 0 Å². The van der Waals surface area contributed by atoms with Gasteiger partial charge in [0, 0.05) is 0 Å². The summed E-state index contributed by atoms with van der Waals surface area (Å²) < 4.78 is 2.34. The zero-order chi connectivity index (χ0) is 14.5. The minimum Gasteiger partial charge on any atom is -0.147 e. The maximum atomic E-state index is 3.74. The van der Waals surface area contributed by atoms with Crippen molar-refractivity contribution < 1.29 is 23.2 Å². The zero-order valence-corrected chi connectivity index (χ0v) is 17.0. The molecule has 1 nitrogen and oxygen atoms in total. The Bertz CT molecular complexity index is 955. The number of halogens is 2. The van der Waals surface area contributed by atoms with Crippen molar-refractivity contribution in [2.45, 2.75) is 10.0 Å². The Morgan fingerprint density at radius 2 is 1.75 bits per heavy atom. The molecule has 3 aromatic rings. The fourth-order valence-electron chi connectivity index (χ4n) is 3.69. The fraction of sp³-hybridized carbons (Fsp3) is 0.100. The number of aromatic amines is 1. The van der Waals surface area contributed by atoms with E-state index in [1.807, 2.05) is 0 Å². The van der Waals surface area contributed by atoms with E-state index in [0.29, 0.717) is 3.63 Å². The van der Waals surface area contributed by atoms with Gasteiger partial charge in [-0.1, -0.05) is 0 Å². The molecule has 0 fully saturated rings. The van der Waals surface area contributed by atoms with Crippen LogP contribution in [-0.4, -0.2) is 4.98 Å². The van der Waals surface area contributed by atoms with Crippen LogP contribution in [0.25, 0.3) is 22.0 Å². The number of aromatic nitrogens is 1. The number of allylic oxidation sites excluding steroid dienone is 4. The number of hydrogen-bond acceptors (Lipinski definition) is 0. The van der Waals surface area contributed by atoms with Gasteiger partial charge in [0.25, 0.3) is 0 Å². The molecule has 1 heterocycles. The first kappa shape index (κ1) is 17.7. The van der Waals surface area contributed by atoms with Crippen molar-refractivity contribution in [1.29, 1.82) is 0 Å². The van der Waals surface area contributed by atoms with Crippen molar-refractivity contribution in [2.24, 2.45) is 0 Å². The number of H-pyrrole nitrogens is 1. The van der Waals surface area contributed by atoms with E-state index in [4.69, 9.17) is 0 Å². The van der Waals surface area contributed by atoms with Crippen molar-refractivity contribution >= 4 is 35.7 Å². The Balaban J connectivity index is 0.000000845. The van der Waals surface area contributed by atoms with Crippen molar-refractivity contribution in [1.82, 2.24) is 4.98 Å². The first-order valence-corrected chi connectivity index (χ1v) is 10.4. The summed E-state index contributed by atoms with van der Waals surface area (Å²) in [5.74, 6) is 0. The standard InChI is InChI=1S/C15H10N.C5H5.2ClH.Zr/c1-2-6-11-10(5-1)9-14-15(11)12-7-3-4-8-13(12)16-14;1-2-4-5-3-1;;;/h1-9,16H;1-3H,4H2;2*1H;. The molecule has 4 heteroatoms. The summed E-state index contributed by atoms with van der Waals surface area (Å²) >= 11 is -0.656. The van der Waals surface area contributed by atoms with Gasteiger partial charge in [0.05, 0.1) is 0 Å². The Morgan fingerprint density at radius 1 is 0.958 bits per heavy atom. The molecule has 0 bridgehead atoms. The summed E-state index contributed by atoms with van der Waals surface area (Å²) in [6, 6.07) is 17.7. The fourth-order valence-corrected chi connectivity index (χ4v) is 7.54. The molecular weight excluding hydrogens is 416 g/mol. The van der Waals surface area contributed by atoms with Crippen LogP contribution in [-0.2, 0) is 23.2 Å². The second kappa shape index (κ2) is 7.04. The molecular formula is C20H17Cl2NZr. The number of para-hydroxylation sites is 1. The average Bonchev–Trinajstić information content (AvgIpc) is 3.25. The largest absolute Gasteiger partial charge is 0.147 e. The van der Waals surface area contributed by atoms with Gasteiger partial charge < -0.3 is 0 Å². The molecule has 2 aliphatic rings. The van der Waals surface area contributed by atoms with E-state index in [9.17, 15) is 0 Å². The summed E-state index contributed by atoms with van der Waals surface area (Å²) in [6.07, 6.45) is 8.06. The van der Waals surface area contributed by atoms with Gasteiger partial charge in [-0.3, -0.25) is 0 Å². The van der Waals surface area contributed by atoms with Gasteiger partial charge in [0.1, 0.15) is 0 Å². The maximum absolute atomic E-state index is 3.74. The Labute approximate surface area is 165 Å². The van der Waals surface area contributed by atoms with Gasteiger partial charge in [0.2, 0.25) is 0 Å². The number of benzene rings is 2. The van der Waals surface area contributed by atoms with E-state index >= 15 is 0 Å². The van der Waals surface area contributed by atoms with Crippen LogP contribution in [0.15, 0.2) is 70.0 Å². The second-order valence-corrected chi connectivity index (χ2v) is 9.66. The van der Waals surface area contributed by atoms with Gasteiger partial charge in [-0.05, 0) is 0 Å². The second-order valence-electron chi connectivity index (χ2n) is 5.95. The minimum absolute atomic E-state index is 0. The van der Waals surface area contributed by atoms with Crippen LogP contribution in [0.5, 0.6) is 0 Å². The van der Waals surface area contributed by atoms with Gasteiger partial charge >= 0.3 is 142 Å². The summed E-state index contributed by atoms with van der Waals surface area (Å²) in [5, 5.41) is 1.38. The first-order chi connectivity index (χ1) is 10.9. The normalized spacial score (nSPS) is 16.8. The summed E-state index contributed by atoms with van der Waals surface area (Å²) in [6.45, 7) is 0. The van der Waals surface area contributed by atoms with E-state index in [2.05, 4.69) is 71.7 Å². The van der Waals surface area contributed by atoms with Gasteiger partial charge in [-0.25, -0.2) is 0 Å². The number of rotatable bonds is 2. The van der Waals surface area contributed by atoms with E-state index in [-0.39, 0.29) is 24.8 Å². The monoisotopic (exact) mass is 431 g/mol. The molecule has 120 valence electrons. The van der Waals surface area contributed by atoms with E-state index < -0.39 is 23.2 Å². The summed E-state index contributed by atoms with van der Waals surface area (Å²) in [4.78, 5) is 3.74. The van der Waals surface area contributed by atoms with Crippen LogP contribution in [0.3, 0.4) is 0 Å². The van der Waals surface area contributed by atoms with Gasteiger partial charge in [-0.15, -0.1) is 24.8 Å². The molecule has 0 aliphatic heterocycles. The molecule has 0 spiro atoms. The SMILES string of the molecule is C1=CC[C]([Zr][CH]2c3ccccc3-c3c2[nH]c2ccccc32)=C1.Cl.Cl. The van der Waals surface area contributed by atoms with Crippen LogP contribution < -0.4 is 0 Å². The predicted molar refractivity (Wildman–Crippen MR) is 102 cm³/mol. The molecule has 0 amide bonds. The summed E-state index contributed by atoms with van der Waals surface area (Å²) in [5.41, 5.74) is 7.22. The molecule has 2 aliphatic carbocycles. The Morgan fingerprint density at radius 3 is 2.58 bits per heavy atom. The average molecular weight is 433 g/mol. The van der Waals surface area contributed by atoms with Crippen LogP contribution in [0.4, 0.5) is 0 Å². The van der Waals surface area contributed by atoms with E-state index in [1.54, 1.807) is 8.84 Å². The molecule has 2 aromatic carbocycles. The third-order valence-corrected chi connectivity index (χ3v) is 8.67. The summed E-state index contributed by atoms with van der Waals surface area (Å²) in [7, 11) is 0. The molecule has 0 saturated carbocycles. The number of nitrogens with one attached hydrogen (secondary N) is 1. The van der Waals surface area contributed by atoms with Crippen molar-refractivity contribution in [3.63, 3.8) is 0 Å². The molecule has 1 aromatic heterocycles. The maximum Gasteiger partial charge on any atom is -0.147 e. The number of hydrogen-bond donors (Lipinski definition) is 1. The zero-order valence-electron chi connectivity index (χ0n) is 13.0. The van der Waals surface area contributed by atoms with E-state index in [1.165, 1.54) is 34.1 Å². The molecule has 1 atom stereocenters. The van der Waals surface area contributed by atoms with E-state index in [0.717, 1.165) is 0 Å². The van der Waals surface area contributed by atoms with Crippen molar-refractivity contribution in [2.75, 3.05) is 0 Å². The minimum atomic E-state index is -0.656. The molecule has 0 saturated heterocycles. The molecule has 0 radical (unpaired) electrons. The molecule has 1 unspecified atom stereocenters. The van der Waals surface area contributed by atoms with Crippen LogP contribution in [0.1, 0.15) is 21.3 Å². The van der Waals surface area contributed by atoms with Gasteiger partial charge in [0.15, 0.2) is 0 Å². The Kier molecular flexibility index (Phi) is 5.20. The van der Waals surface area contributed by atoms with Crippen molar-refractivity contribution in [3.8, 4) is 11.1 Å². The Hall–Kier alpha value is -1.08. The molecule has 1 N–H and O–H groups in total. The van der Waals surface area contributed by atoms with Crippen LogP contribution >= 0.6 is 24.8 Å². The third kappa shape index (κ3) is 2.66. The van der Waals surface area contributed by atoms with Crippen LogP contribution in [0, 0.1) is 0 Å². The quantitative estimate of drug-likeness (QED) is 0.510. The van der Waals surface area contributed by atoms with Gasteiger partial charge in [-0.2, -0.15) is 0 Å². The topological polar surface area (TPSA) is 15.8 Å².